The molecule has 172 valence electrons. The molecule has 2 aliphatic rings. The Hall–Kier alpha value is -3.04. The van der Waals surface area contributed by atoms with Crippen molar-refractivity contribution in [2.75, 3.05) is 25.6 Å². The summed E-state index contributed by atoms with van der Waals surface area (Å²) < 4.78 is 18.8. The molecule has 1 saturated heterocycles. The molecule has 3 heterocycles. The van der Waals surface area contributed by atoms with E-state index in [1.807, 2.05) is 67.3 Å². The third-order valence-corrected chi connectivity index (χ3v) is 6.58. The second kappa shape index (κ2) is 9.44. The van der Waals surface area contributed by atoms with E-state index < -0.39 is 0 Å². The van der Waals surface area contributed by atoms with Gasteiger partial charge in [-0.2, -0.15) is 0 Å². The zero-order valence-electron chi connectivity index (χ0n) is 18.6. The Balaban J connectivity index is 1.38. The molecule has 8 nitrogen and oxygen atoms in total. The Morgan fingerprint density at radius 1 is 1.03 bits per heavy atom. The number of fused-ring (bicyclic) bond motifs is 1. The van der Waals surface area contributed by atoms with Gasteiger partial charge in [0.05, 0.1) is 24.5 Å². The van der Waals surface area contributed by atoms with E-state index in [1.165, 1.54) is 11.8 Å². The summed E-state index contributed by atoms with van der Waals surface area (Å²) in [6, 6.07) is 15.9. The number of carbonyl (C=O) groups is 1. The summed E-state index contributed by atoms with van der Waals surface area (Å²) in [6.45, 7) is 6.01. The lowest BCUT2D eigenvalue weighted by molar-refractivity contribution is -0.140. The summed E-state index contributed by atoms with van der Waals surface area (Å²) in [4.78, 5) is 14.8. The molecule has 0 spiro atoms. The van der Waals surface area contributed by atoms with Crippen molar-refractivity contribution < 1.29 is 19.0 Å². The summed E-state index contributed by atoms with van der Waals surface area (Å²) in [7, 11) is 0. The first-order valence-electron chi connectivity index (χ1n) is 11.0. The molecule has 2 atom stereocenters. The van der Waals surface area contributed by atoms with E-state index >= 15 is 0 Å². The maximum Gasteiger partial charge on any atom is 0.233 e. The summed E-state index contributed by atoms with van der Waals surface area (Å²) in [5.41, 5.74) is 2.01. The van der Waals surface area contributed by atoms with Crippen LogP contribution in [0.1, 0.15) is 19.4 Å². The Morgan fingerprint density at radius 3 is 2.58 bits per heavy atom. The van der Waals surface area contributed by atoms with Crippen molar-refractivity contribution >= 4 is 17.7 Å². The predicted molar refractivity (Wildman–Crippen MR) is 124 cm³/mol. The second-order valence-electron chi connectivity index (χ2n) is 8.29. The molecular weight excluding hydrogens is 440 g/mol. The molecule has 5 rings (SSSR count). The molecule has 2 aromatic carbocycles. The molecule has 1 fully saturated rings. The minimum absolute atomic E-state index is 0.0436. The van der Waals surface area contributed by atoms with E-state index in [4.69, 9.17) is 14.2 Å². The Kier molecular flexibility index (Phi) is 6.24. The monoisotopic (exact) mass is 466 g/mol. The second-order valence-corrected chi connectivity index (χ2v) is 9.23. The number of carbonyl (C=O) groups excluding carboxylic acids is 1. The quantitative estimate of drug-likeness (QED) is 0.515. The lowest BCUT2D eigenvalue weighted by atomic mass is 10.2. The molecule has 33 heavy (non-hydrogen) atoms. The molecule has 0 radical (unpaired) electrons. The van der Waals surface area contributed by atoms with Gasteiger partial charge in [-0.05, 0) is 31.5 Å². The number of hydrogen-bond acceptors (Lipinski definition) is 7. The zero-order chi connectivity index (χ0) is 22.8. The number of nitrogens with zero attached hydrogens (tertiary/aromatic N) is 4. The van der Waals surface area contributed by atoms with Crippen molar-refractivity contribution in [3.8, 4) is 22.9 Å². The molecule has 0 N–H and O–H groups in total. The Bertz CT molecular complexity index is 1130. The number of amides is 1. The smallest absolute Gasteiger partial charge is 0.233 e. The van der Waals surface area contributed by atoms with Crippen molar-refractivity contribution in [1.82, 2.24) is 19.7 Å². The van der Waals surface area contributed by atoms with Gasteiger partial charge in [0.1, 0.15) is 0 Å². The number of ether oxygens (including phenoxy) is 3. The van der Waals surface area contributed by atoms with E-state index in [9.17, 15) is 4.79 Å². The van der Waals surface area contributed by atoms with Crippen LogP contribution in [0.3, 0.4) is 0 Å². The topological polar surface area (TPSA) is 78.7 Å². The van der Waals surface area contributed by atoms with E-state index in [0.29, 0.717) is 30.5 Å². The number of morpholine rings is 1. The molecular formula is C24H26N4O4S. The van der Waals surface area contributed by atoms with Crippen LogP contribution < -0.4 is 9.47 Å². The fourth-order valence-corrected chi connectivity index (χ4v) is 5.00. The molecule has 9 heteroatoms. The van der Waals surface area contributed by atoms with Crippen molar-refractivity contribution in [1.29, 1.82) is 0 Å². The molecule has 0 saturated carbocycles. The number of benzene rings is 2. The predicted octanol–water partition coefficient (Wildman–Crippen LogP) is 3.45. The van der Waals surface area contributed by atoms with Gasteiger partial charge in [-0.25, -0.2) is 0 Å². The van der Waals surface area contributed by atoms with E-state index in [2.05, 4.69) is 14.8 Å². The lowest BCUT2D eigenvalue weighted by Crippen LogP contribution is -2.48. The number of thioether (sulfide) groups is 1. The summed E-state index contributed by atoms with van der Waals surface area (Å²) >= 11 is 1.41. The van der Waals surface area contributed by atoms with Crippen LogP contribution in [0.25, 0.3) is 11.4 Å². The summed E-state index contributed by atoms with van der Waals surface area (Å²) in [6.07, 6.45) is 0.0871. The minimum atomic E-state index is 0.0436. The number of hydrogen-bond donors (Lipinski definition) is 0. The largest absolute Gasteiger partial charge is 0.454 e. The lowest BCUT2D eigenvalue weighted by Gasteiger charge is -2.35. The Labute approximate surface area is 196 Å². The fourth-order valence-electron chi connectivity index (χ4n) is 4.16. The first kappa shape index (κ1) is 21.8. The summed E-state index contributed by atoms with van der Waals surface area (Å²) in [5, 5.41) is 9.60. The third kappa shape index (κ3) is 4.84. The van der Waals surface area contributed by atoms with Gasteiger partial charge in [0, 0.05) is 18.7 Å². The van der Waals surface area contributed by atoms with E-state index in [1.54, 1.807) is 0 Å². The van der Waals surface area contributed by atoms with Crippen LogP contribution >= 0.6 is 11.8 Å². The highest BCUT2D eigenvalue weighted by Gasteiger charge is 2.26. The maximum absolute atomic E-state index is 12.9. The first-order valence-corrected chi connectivity index (χ1v) is 12.0. The van der Waals surface area contributed by atoms with Crippen LogP contribution in [0, 0.1) is 0 Å². The standard InChI is InChI=1S/C24H26N4O4S/c1-16-11-27(12-17(2)32-16)22(29)14-33-24-26-25-23(19-6-4-3-5-7-19)28(24)13-18-8-9-20-21(10-18)31-15-30-20/h3-10,16-17H,11-15H2,1-2H3/t16-,17-/m0/s1. The SMILES string of the molecule is C[C@H]1CN(C(=O)CSc2nnc(-c3ccccc3)n2Cc2ccc3c(c2)OCO3)C[C@H](C)O1. The van der Waals surface area contributed by atoms with Crippen LogP contribution in [0.5, 0.6) is 11.5 Å². The average Bonchev–Trinajstić information content (AvgIpc) is 3.44. The zero-order valence-corrected chi connectivity index (χ0v) is 19.5. The van der Waals surface area contributed by atoms with E-state index in [0.717, 1.165) is 28.5 Å². The molecule has 3 aromatic rings. The number of aromatic nitrogens is 3. The number of rotatable bonds is 6. The molecule has 2 aliphatic heterocycles. The Morgan fingerprint density at radius 2 is 1.79 bits per heavy atom. The molecule has 1 amide bonds. The van der Waals surface area contributed by atoms with E-state index in [-0.39, 0.29) is 24.9 Å². The highest BCUT2D eigenvalue weighted by atomic mass is 32.2. The van der Waals surface area contributed by atoms with Crippen LogP contribution in [0.15, 0.2) is 53.7 Å². The van der Waals surface area contributed by atoms with Crippen molar-refractivity contribution in [2.24, 2.45) is 0 Å². The highest BCUT2D eigenvalue weighted by molar-refractivity contribution is 7.99. The molecule has 0 aliphatic carbocycles. The van der Waals surface area contributed by atoms with Gasteiger partial charge in [0.15, 0.2) is 22.5 Å². The highest BCUT2D eigenvalue weighted by Crippen LogP contribution is 2.33. The maximum atomic E-state index is 12.9. The van der Waals surface area contributed by atoms with Gasteiger partial charge < -0.3 is 19.1 Å². The van der Waals surface area contributed by atoms with Crippen LogP contribution in [0.2, 0.25) is 0 Å². The third-order valence-electron chi connectivity index (χ3n) is 5.62. The molecule has 0 bridgehead atoms. The van der Waals surface area contributed by atoms with Gasteiger partial charge in [0.2, 0.25) is 12.7 Å². The van der Waals surface area contributed by atoms with Crippen LogP contribution in [0.4, 0.5) is 0 Å². The van der Waals surface area contributed by atoms with Gasteiger partial charge in [0.25, 0.3) is 0 Å². The first-order chi connectivity index (χ1) is 16.1. The average molecular weight is 467 g/mol. The van der Waals surface area contributed by atoms with Gasteiger partial charge in [-0.1, -0.05) is 48.2 Å². The van der Waals surface area contributed by atoms with Crippen LogP contribution in [-0.2, 0) is 16.1 Å². The van der Waals surface area contributed by atoms with Crippen molar-refractivity contribution in [2.45, 2.75) is 37.8 Å². The van der Waals surface area contributed by atoms with Gasteiger partial charge in [-0.3, -0.25) is 9.36 Å². The fraction of sp³-hybridized carbons (Fsp3) is 0.375. The van der Waals surface area contributed by atoms with Crippen LogP contribution in [-0.4, -0.2) is 63.4 Å². The normalized spacial score (nSPS) is 19.6. The summed E-state index contributed by atoms with van der Waals surface area (Å²) in [5.74, 6) is 2.63. The van der Waals surface area contributed by atoms with Gasteiger partial charge in [-0.15, -0.1) is 10.2 Å². The van der Waals surface area contributed by atoms with Gasteiger partial charge >= 0.3 is 0 Å². The van der Waals surface area contributed by atoms with Crippen molar-refractivity contribution in [3.05, 3.63) is 54.1 Å². The van der Waals surface area contributed by atoms with Crippen molar-refractivity contribution in [3.63, 3.8) is 0 Å². The molecule has 0 unspecified atom stereocenters. The minimum Gasteiger partial charge on any atom is -0.454 e. The molecule has 1 aromatic heterocycles.